The summed E-state index contributed by atoms with van der Waals surface area (Å²) in [6.07, 6.45) is 3.30. The highest BCUT2D eigenvalue weighted by molar-refractivity contribution is 5.71. The van der Waals surface area contributed by atoms with E-state index in [1.807, 2.05) is 6.07 Å². The molecule has 0 aliphatic rings. The Labute approximate surface area is 75.2 Å². The Morgan fingerprint density at radius 2 is 2.38 bits per heavy atom. The average molecular weight is 172 g/mol. The standard InChI is InChI=1S/C9H8N4/c10-3-1-2-7-4-8-9(11-5-7)13-6-12-8/h4-6H,3,10H2,(H,11,12,13). The van der Waals surface area contributed by atoms with E-state index in [9.17, 15) is 0 Å². The van der Waals surface area contributed by atoms with E-state index in [2.05, 4.69) is 26.8 Å². The summed E-state index contributed by atoms with van der Waals surface area (Å²) in [6, 6.07) is 1.90. The van der Waals surface area contributed by atoms with E-state index in [0.717, 1.165) is 11.1 Å². The quantitative estimate of drug-likeness (QED) is 0.560. The Kier molecular flexibility index (Phi) is 1.94. The first kappa shape index (κ1) is 7.77. The molecule has 64 valence electrons. The van der Waals surface area contributed by atoms with Gasteiger partial charge in [-0.05, 0) is 6.07 Å². The molecule has 0 aromatic carbocycles. The van der Waals surface area contributed by atoms with Crippen molar-refractivity contribution in [1.82, 2.24) is 15.0 Å². The molecular formula is C9H8N4. The van der Waals surface area contributed by atoms with E-state index in [0.29, 0.717) is 12.2 Å². The molecule has 0 amide bonds. The molecule has 3 N–H and O–H groups in total. The number of pyridine rings is 1. The molecule has 0 fully saturated rings. The van der Waals surface area contributed by atoms with Crippen molar-refractivity contribution < 1.29 is 0 Å². The van der Waals surface area contributed by atoms with Gasteiger partial charge in [-0.1, -0.05) is 11.8 Å². The van der Waals surface area contributed by atoms with Crippen LogP contribution in [0.1, 0.15) is 5.56 Å². The summed E-state index contributed by atoms with van der Waals surface area (Å²) < 4.78 is 0. The number of aromatic amines is 1. The lowest BCUT2D eigenvalue weighted by Gasteiger charge is -1.88. The molecule has 0 saturated carbocycles. The molecule has 2 aromatic heterocycles. The van der Waals surface area contributed by atoms with Crippen LogP contribution < -0.4 is 5.73 Å². The van der Waals surface area contributed by atoms with Crippen molar-refractivity contribution >= 4 is 11.2 Å². The van der Waals surface area contributed by atoms with Gasteiger partial charge in [-0.25, -0.2) is 9.97 Å². The number of nitrogens with two attached hydrogens (primary N) is 1. The molecule has 0 bridgehead atoms. The zero-order chi connectivity index (χ0) is 9.10. The molecule has 4 heteroatoms. The third-order valence-corrected chi connectivity index (χ3v) is 1.61. The summed E-state index contributed by atoms with van der Waals surface area (Å²) in [7, 11) is 0. The highest BCUT2D eigenvalue weighted by Crippen LogP contribution is 2.06. The number of fused-ring (bicyclic) bond motifs is 1. The van der Waals surface area contributed by atoms with Crippen LogP contribution in [-0.4, -0.2) is 21.5 Å². The van der Waals surface area contributed by atoms with Crippen molar-refractivity contribution in [3.63, 3.8) is 0 Å². The second-order valence-electron chi connectivity index (χ2n) is 2.50. The number of hydrogen-bond acceptors (Lipinski definition) is 3. The van der Waals surface area contributed by atoms with Gasteiger partial charge in [0.05, 0.1) is 18.4 Å². The SMILES string of the molecule is NCC#Cc1cnc2nc[nH]c2c1. The van der Waals surface area contributed by atoms with Gasteiger partial charge in [0.1, 0.15) is 0 Å². The van der Waals surface area contributed by atoms with Gasteiger partial charge in [0, 0.05) is 11.8 Å². The first-order chi connectivity index (χ1) is 6.40. The van der Waals surface area contributed by atoms with Crippen molar-refractivity contribution in [2.24, 2.45) is 5.73 Å². The number of imidazole rings is 1. The highest BCUT2D eigenvalue weighted by Gasteiger charge is 1.96. The van der Waals surface area contributed by atoms with Crippen molar-refractivity contribution in [3.8, 4) is 11.8 Å². The predicted octanol–water partition coefficient (Wildman–Crippen LogP) is 0.268. The van der Waals surface area contributed by atoms with Crippen LogP contribution in [0.15, 0.2) is 18.6 Å². The second-order valence-corrected chi connectivity index (χ2v) is 2.50. The van der Waals surface area contributed by atoms with Gasteiger partial charge in [0.15, 0.2) is 5.65 Å². The van der Waals surface area contributed by atoms with Gasteiger partial charge in [-0.15, -0.1) is 0 Å². The summed E-state index contributed by atoms with van der Waals surface area (Å²) in [5.74, 6) is 5.67. The molecular weight excluding hydrogens is 164 g/mol. The molecule has 2 heterocycles. The molecule has 0 saturated heterocycles. The number of nitrogens with one attached hydrogen (secondary N) is 1. The van der Waals surface area contributed by atoms with Crippen LogP contribution in [-0.2, 0) is 0 Å². The Bertz CT molecular complexity index is 475. The second kappa shape index (κ2) is 3.25. The molecule has 13 heavy (non-hydrogen) atoms. The smallest absolute Gasteiger partial charge is 0.177 e. The lowest BCUT2D eigenvalue weighted by atomic mass is 10.3. The van der Waals surface area contributed by atoms with Crippen LogP contribution in [0.2, 0.25) is 0 Å². The first-order valence-electron chi connectivity index (χ1n) is 3.88. The van der Waals surface area contributed by atoms with E-state index in [-0.39, 0.29) is 0 Å². The molecule has 0 aliphatic heterocycles. The Balaban J connectivity index is 2.48. The van der Waals surface area contributed by atoms with Crippen LogP contribution in [0.5, 0.6) is 0 Å². The minimum Gasteiger partial charge on any atom is -0.343 e. The molecule has 0 unspecified atom stereocenters. The molecule has 4 nitrogen and oxygen atoms in total. The van der Waals surface area contributed by atoms with Gasteiger partial charge in [0.2, 0.25) is 0 Å². The number of nitrogens with zero attached hydrogens (tertiary/aromatic N) is 2. The first-order valence-corrected chi connectivity index (χ1v) is 3.88. The van der Waals surface area contributed by atoms with Crippen molar-refractivity contribution in [1.29, 1.82) is 0 Å². The molecule has 2 aromatic rings. The Morgan fingerprint density at radius 1 is 1.46 bits per heavy atom. The number of H-pyrrole nitrogens is 1. The summed E-state index contributed by atoms with van der Waals surface area (Å²) in [5.41, 5.74) is 7.70. The van der Waals surface area contributed by atoms with Gasteiger partial charge in [-0.2, -0.15) is 0 Å². The largest absolute Gasteiger partial charge is 0.343 e. The van der Waals surface area contributed by atoms with Gasteiger partial charge in [-0.3, -0.25) is 0 Å². The predicted molar refractivity (Wildman–Crippen MR) is 49.8 cm³/mol. The lowest BCUT2D eigenvalue weighted by Crippen LogP contribution is -1.93. The fourth-order valence-corrected chi connectivity index (χ4v) is 1.05. The third-order valence-electron chi connectivity index (χ3n) is 1.61. The van der Waals surface area contributed by atoms with Crippen LogP contribution in [0.4, 0.5) is 0 Å². The number of rotatable bonds is 0. The number of hydrogen-bond donors (Lipinski definition) is 2. The zero-order valence-corrected chi connectivity index (χ0v) is 6.91. The third kappa shape index (κ3) is 1.50. The summed E-state index contributed by atoms with van der Waals surface area (Å²) in [5, 5.41) is 0. The summed E-state index contributed by atoms with van der Waals surface area (Å²) in [6.45, 7) is 0.362. The Morgan fingerprint density at radius 3 is 3.23 bits per heavy atom. The minimum absolute atomic E-state index is 0.362. The van der Waals surface area contributed by atoms with Crippen molar-refractivity contribution in [3.05, 3.63) is 24.2 Å². The maximum absolute atomic E-state index is 5.25. The van der Waals surface area contributed by atoms with Crippen LogP contribution in [0.25, 0.3) is 11.2 Å². The fourth-order valence-electron chi connectivity index (χ4n) is 1.05. The maximum Gasteiger partial charge on any atom is 0.177 e. The van der Waals surface area contributed by atoms with Gasteiger partial charge < -0.3 is 10.7 Å². The van der Waals surface area contributed by atoms with E-state index in [1.165, 1.54) is 0 Å². The molecule has 0 atom stereocenters. The Hall–Kier alpha value is -1.86. The lowest BCUT2D eigenvalue weighted by molar-refractivity contribution is 1.29. The number of aromatic nitrogens is 3. The van der Waals surface area contributed by atoms with E-state index in [4.69, 9.17) is 5.73 Å². The van der Waals surface area contributed by atoms with Crippen LogP contribution >= 0.6 is 0 Å². The van der Waals surface area contributed by atoms with Crippen molar-refractivity contribution in [2.75, 3.05) is 6.54 Å². The monoisotopic (exact) mass is 172 g/mol. The van der Waals surface area contributed by atoms with E-state index >= 15 is 0 Å². The fraction of sp³-hybridized carbons (Fsp3) is 0.111. The molecule has 0 spiro atoms. The molecule has 2 rings (SSSR count). The zero-order valence-electron chi connectivity index (χ0n) is 6.91. The summed E-state index contributed by atoms with van der Waals surface area (Å²) >= 11 is 0. The van der Waals surface area contributed by atoms with Crippen LogP contribution in [0.3, 0.4) is 0 Å². The van der Waals surface area contributed by atoms with E-state index in [1.54, 1.807) is 12.5 Å². The maximum atomic E-state index is 5.25. The topological polar surface area (TPSA) is 67.6 Å². The molecule has 0 radical (unpaired) electrons. The van der Waals surface area contributed by atoms with Crippen molar-refractivity contribution in [2.45, 2.75) is 0 Å². The van der Waals surface area contributed by atoms with Gasteiger partial charge in [0.25, 0.3) is 0 Å². The van der Waals surface area contributed by atoms with Gasteiger partial charge >= 0.3 is 0 Å². The summed E-state index contributed by atoms with van der Waals surface area (Å²) in [4.78, 5) is 11.1. The molecule has 0 aliphatic carbocycles. The average Bonchev–Trinajstić information content (AvgIpc) is 2.61. The normalized spacial score (nSPS) is 9.62. The van der Waals surface area contributed by atoms with E-state index < -0.39 is 0 Å². The van der Waals surface area contributed by atoms with Crippen LogP contribution in [0, 0.1) is 11.8 Å². The minimum atomic E-state index is 0.362. The highest BCUT2D eigenvalue weighted by atomic mass is 14.9.